The van der Waals surface area contributed by atoms with E-state index in [1.807, 2.05) is 27.0 Å². The molecule has 0 bridgehead atoms. The van der Waals surface area contributed by atoms with Crippen molar-refractivity contribution in [1.29, 1.82) is 0 Å². The lowest BCUT2D eigenvalue weighted by Gasteiger charge is -2.41. The molecule has 2 aliphatic rings. The quantitative estimate of drug-likeness (QED) is 0.853. The molecule has 0 radical (unpaired) electrons. The van der Waals surface area contributed by atoms with Crippen molar-refractivity contribution in [3.05, 3.63) is 52.9 Å². The summed E-state index contributed by atoms with van der Waals surface area (Å²) in [5.74, 6) is 0.730. The molecular weight excluding hydrogens is 341 g/mol. The minimum Gasteiger partial charge on any atom is -0.354 e. The molecule has 7 heteroatoms. The average Bonchev–Trinajstić information content (AvgIpc) is 2.61. The zero-order chi connectivity index (χ0) is 18.9. The van der Waals surface area contributed by atoms with Crippen LogP contribution in [0.3, 0.4) is 0 Å². The topological polar surface area (TPSA) is 39.7 Å². The maximum Gasteiger partial charge on any atom is 0.416 e. The largest absolute Gasteiger partial charge is 0.416 e. The van der Waals surface area contributed by atoms with Crippen LogP contribution in [0.15, 0.2) is 46.7 Å². The second-order valence-electron chi connectivity index (χ2n) is 6.39. The van der Waals surface area contributed by atoms with Gasteiger partial charge in [0.1, 0.15) is 6.17 Å². The number of guanidine groups is 1. The Morgan fingerprint density at radius 3 is 2.69 bits per heavy atom. The van der Waals surface area contributed by atoms with Crippen LogP contribution in [-0.2, 0) is 6.18 Å². The van der Waals surface area contributed by atoms with Crippen LogP contribution in [0.4, 0.5) is 13.2 Å². The maximum absolute atomic E-state index is 13.1. The monoisotopic (exact) mass is 364 g/mol. The summed E-state index contributed by atoms with van der Waals surface area (Å²) in [6, 6.07) is 5.53. The van der Waals surface area contributed by atoms with E-state index in [1.165, 1.54) is 12.1 Å². The minimum absolute atomic E-state index is 0.0268. The number of hydrogen-bond acceptors (Lipinski definition) is 2. The molecule has 140 valence electrons. The van der Waals surface area contributed by atoms with Crippen LogP contribution in [-0.4, -0.2) is 30.1 Å². The number of hydrogen-bond donors (Lipinski definition) is 2. The van der Waals surface area contributed by atoms with Crippen molar-refractivity contribution in [3.63, 3.8) is 0 Å². The summed E-state index contributed by atoms with van der Waals surface area (Å²) in [4.78, 5) is 6.50. The van der Waals surface area contributed by atoms with Crippen LogP contribution in [0.25, 0.3) is 5.57 Å². The number of likely N-dealkylation sites (N-methyl/N-ethyl adjacent to an activating group) is 1. The molecule has 0 amide bonds. The Bertz CT molecular complexity index is 777. The highest BCUT2D eigenvalue weighted by atomic mass is 19.4. The Morgan fingerprint density at radius 1 is 1.27 bits per heavy atom. The van der Waals surface area contributed by atoms with Gasteiger partial charge in [0, 0.05) is 31.4 Å². The van der Waals surface area contributed by atoms with Gasteiger partial charge in [-0.15, -0.1) is 0 Å². The average molecular weight is 364 g/mol. The Labute approximate surface area is 151 Å². The summed E-state index contributed by atoms with van der Waals surface area (Å²) in [5, 5.41) is 6.63. The first-order valence-corrected chi connectivity index (χ1v) is 8.75. The molecular formula is C19H23F3N4. The molecule has 26 heavy (non-hydrogen) atoms. The fourth-order valence-electron chi connectivity index (χ4n) is 3.34. The molecule has 2 aliphatic heterocycles. The van der Waals surface area contributed by atoms with Gasteiger partial charge in [-0.1, -0.05) is 12.1 Å². The molecule has 3 rings (SSSR count). The molecule has 1 aromatic rings. The lowest BCUT2D eigenvalue weighted by Crippen LogP contribution is -2.56. The summed E-state index contributed by atoms with van der Waals surface area (Å²) < 4.78 is 39.2. The van der Waals surface area contributed by atoms with E-state index < -0.39 is 11.7 Å². The van der Waals surface area contributed by atoms with Crippen molar-refractivity contribution in [2.75, 3.05) is 13.1 Å². The Morgan fingerprint density at radius 2 is 2.04 bits per heavy atom. The maximum atomic E-state index is 13.1. The lowest BCUT2D eigenvalue weighted by molar-refractivity contribution is -0.137. The van der Waals surface area contributed by atoms with Gasteiger partial charge in [-0.05, 0) is 49.6 Å². The van der Waals surface area contributed by atoms with Crippen molar-refractivity contribution in [1.82, 2.24) is 15.5 Å². The zero-order valence-corrected chi connectivity index (χ0v) is 15.1. The van der Waals surface area contributed by atoms with E-state index in [1.54, 1.807) is 6.07 Å². The van der Waals surface area contributed by atoms with E-state index in [0.29, 0.717) is 18.5 Å². The standard InChI is InChI=1S/C19H23F3N4/c1-4-23-18-24-12(3)16-10-14(11-26(5-2)17(16)25-18)13-7-6-8-15(9-13)19(20,21)22/h6-9,11,17H,4-5,10H2,1-3H3,(H2,23,24,25). The highest BCUT2D eigenvalue weighted by Gasteiger charge is 2.33. The summed E-state index contributed by atoms with van der Waals surface area (Å²) in [6.07, 6.45) is -1.82. The number of allylic oxidation sites excluding steroid dienone is 2. The van der Waals surface area contributed by atoms with Gasteiger partial charge in [0.2, 0.25) is 0 Å². The van der Waals surface area contributed by atoms with Crippen LogP contribution in [0, 0.1) is 0 Å². The third-order valence-corrected chi connectivity index (χ3v) is 4.67. The number of rotatable bonds is 3. The van der Waals surface area contributed by atoms with E-state index in [4.69, 9.17) is 0 Å². The first-order chi connectivity index (χ1) is 12.3. The van der Waals surface area contributed by atoms with Crippen LogP contribution >= 0.6 is 0 Å². The first-order valence-electron chi connectivity index (χ1n) is 8.75. The van der Waals surface area contributed by atoms with Crippen LogP contribution in [0.1, 0.15) is 38.3 Å². The van der Waals surface area contributed by atoms with Gasteiger partial charge in [-0.3, -0.25) is 4.99 Å². The predicted molar refractivity (Wildman–Crippen MR) is 97.2 cm³/mol. The van der Waals surface area contributed by atoms with Gasteiger partial charge in [0.15, 0.2) is 5.96 Å². The molecule has 1 atom stereocenters. The van der Waals surface area contributed by atoms with Gasteiger partial charge < -0.3 is 15.5 Å². The SMILES string of the molecule is CCN=C1NC(C)=C2CC(c3cccc(C(F)(F)F)c3)=CN(CC)C2N1. The van der Waals surface area contributed by atoms with E-state index in [-0.39, 0.29) is 6.17 Å². The van der Waals surface area contributed by atoms with Crippen LogP contribution in [0.2, 0.25) is 0 Å². The Hall–Kier alpha value is -2.44. The number of alkyl halides is 3. The summed E-state index contributed by atoms with van der Waals surface area (Å²) in [6.45, 7) is 7.38. The third-order valence-electron chi connectivity index (χ3n) is 4.67. The fraction of sp³-hybridized carbons (Fsp3) is 0.421. The summed E-state index contributed by atoms with van der Waals surface area (Å²) >= 11 is 0. The number of nitrogens with zero attached hydrogens (tertiary/aromatic N) is 2. The fourth-order valence-corrected chi connectivity index (χ4v) is 3.34. The van der Waals surface area contributed by atoms with E-state index in [9.17, 15) is 13.2 Å². The van der Waals surface area contributed by atoms with E-state index >= 15 is 0 Å². The zero-order valence-electron chi connectivity index (χ0n) is 15.1. The normalized spacial score (nSPS) is 21.9. The van der Waals surface area contributed by atoms with Crippen molar-refractivity contribution in [2.24, 2.45) is 4.99 Å². The smallest absolute Gasteiger partial charge is 0.354 e. The lowest BCUT2D eigenvalue weighted by atomic mass is 9.90. The van der Waals surface area contributed by atoms with Gasteiger partial charge in [-0.2, -0.15) is 13.2 Å². The van der Waals surface area contributed by atoms with Crippen molar-refractivity contribution < 1.29 is 13.2 Å². The second-order valence-corrected chi connectivity index (χ2v) is 6.39. The van der Waals surface area contributed by atoms with Gasteiger partial charge in [0.05, 0.1) is 5.56 Å². The molecule has 0 spiro atoms. The van der Waals surface area contributed by atoms with E-state index in [2.05, 4.69) is 20.5 Å². The third kappa shape index (κ3) is 3.57. The summed E-state index contributed by atoms with van der Waals surface area (Å²) in [5.41, 5.74) is 2.98. The van der Waals surface area contributed by atoms with Crippen LogP contribution < -0.4 is 10.6 Å². The van der Waals surface area contributed by atoms with Gasteiger partial charge >= 0.3 is 6.18 Å². The molecule has 0 fully saturated rings. The van der Waals surface area contributed by atoms with Crippen LogP contribution in [0.5, 0.6) is 0 Å². The molecule has 1 unspecified atom stereocenters. The minimum atomic E-state index is -4.34. The van der Waals surface area contributed by atoms with Crippen molar-refractivity contribution in [3.8, 4) is 0 Å². The Kier molecular flexibility index (Phi) is 4.98. The Balaban J connectivity index is 1.98. The highest BCUT2D eigenvalue weighted by Crippen LogP contribution is 2.36. The molecule has 0 aliphatic carbocycles. The molecule has 4 nitrogen and oxygen atoms in total. The van der Waals surface area contributed by atoms with Gasteiger partial charge in [-0.25, -0.2) is 0 Å². The van der Waals surface area contributed by atoms with Gasteiger partial charge in [0.25, 0.3) is 0 Å². The van der Waals surface area contributed by atoms with E-state index in [0.717, 1.165) is 35.4 Å². The molecule has 2 heterocycles. The predicted octanol–water partition coefficient (Wildman–Crippen LogP) is 3.94. The molecule has 0 aromatic heterocycles. The highest BCUT2D eigenvalue weighted by molar-refractivity contribution is 5.84. The number of fused-ring (bicyclic) bond motifs is 1. The van der Waals surface area contributed by atoms with Crippen molar-refractivity contribution >= 4 is 11.5 Å². The molecule has 0 saturated carbocycles. The van der Waals surface area contributed by atoms with Crippen molar-refractivity contribution in [2.45, 2.75) is 39.5 Å². The molecule has 0 saturated heterocycles. The first kappa shape index (κ1) is 18.4. The number of halogens is 3. The molecule has 2 N–H and O–H groups in total. The number of aliphatic imine (C=N–C) groups is 1. The molecule has 1 aromatic carbocycles. The summed E-state index contributed by atoms with van der Waals surface area (Å²) in [7, 11) is 0. The second kappa shape index (κ2) is 7.05. The number of nitrogens with one attached hydrogen (secondary N) is 2. The number of benzene rings is 1.